The Morgan fingerprint density at radius 1 is 1.15 bits per heavy atom. The molecule has 0 amide bonds. The first-order valence-electron chi connectivity index (χ1n) is 7.84. The van der Waals surface area contributed by atoms with Crippen molar-refractivity contribution in [3.63, 3.8) is 0 Å². The van der Waals surface area contributed by atoms with E-state index in [4.69, 9.17) is 11.6 Å². The van der Waals surface area contributed by atoms with Crippen molar-refractivity contribution in [2.45, 2.75) is 25.9 Å². The van der Waals surface area contributed by atoms with Crippen molar-refractivity contribution >= 4 is 33.7 Å². The maximum absolute atomic E-state index is 13.0. The summed E-state index contributed by atoms with van der Waals surface area (Å²) < 4.78 is 40.7. The minimum atomic E-state index is -4.47. The topological polar surface area (TPSA) is 59.4 Å². The lowest BCUT2D eigenvalue weighted by Crippen LogP contribution is -2.06. The molecule has 0 atom stereocenters. The summed E-state index contributed by atoms with van der Waals surface area (Å²) in [5, 5.41) is 8.02. The molecule has 1 aromatic carbocycles. The lowest BCUT2D eigenvalue weighted by Gasteiger charge is -2.12. The molecule has 9 heteroatoms. The third-order valence-electron chi connectivity index (χ3n) is 4.11. The number of pyridine rings is 1. The summed E-state index contributed by atoms with van der Waals surface area (Å²) >= 11 is 6.31. The smallest absolute Gasteiger partial charge is 0.280 e. The number of imidazole rings is 1. The number of H-pyrrole nitrogens is 1. The van der Waals surface area contributed by atoms with E-state index in [-0.39, 0.29) is 11.4 Å². The lowest BCUT2D eigenvalue weighted by atomic mass is 10.2. The quantitative estimate of drug-likeness (QED) is 0.527. The highest BCUT2D eigenvalue weighted by molar-refractivity contribution is 6.35. The van der Waals surface area contributed by atoms with Gasteiger partial charge in [0, 0.05) is 17.5 Å². The van der Waals surface area contributed by atoms with Crippen molar-refractivity contribution in [2.24, 2.45) is 0 Å². The number of hydrogen-bond donors (Lipinski definition) is 1. The molecule has 0 fully saturated rings. The van der Waals surface area contributed by atoms with E-state index < -0.39 is 11.7 Å². The number of fused-ring (bicyclic) bond motifs is 2. The van der Waals surface area contributed by atoms with Crippen LogP contribution in [0.2, 0.25) is 5.02 Å². The van der Waals surface area contributed by atoms with Gasteiger partial charge in [0.15, 0.2) is 5.65 Å². The van der Waals surface area contributed by atoms with Gasteiger partial charge in [0.25, 0.3) is 0 Å². The predicted octanol–water partition coefficient (Wildman–Crippen LogP) is 5.09. The Balaban J connectivity index is 2.01. The van der Waals surface area contributed by atoms with Gasteiger partial charge in [-0.25, -0.2) is 9.97 Å². The van der Waals surface area contributed by atoms with E-state index in [1.165, 1.54) is 0 Å². The number of aromatic nitrogens is 5. The van der Waals surface area contributed by atoms with Crippen LogP contribution in [0.5, 0.6) is 0 Å². The number of nitrogens with zero attached hydrogens (tertiary/aromatic N) is 4. The van der Waals surface area contributed by atoms with Gasteiger partial charge in [-0.1, -0.05) is 25.4 Å². The molecule has 4 aromatic rings. The summed E-state index contributed by atoms with van der Waals surface area (Å²) in [7, 11) is 0. The van der Waals surface area contributed by atoms with Crippen LogP contribution in [0.1, 0.15) is 31.2 Å². The lowest BCUT2D eigenvalue weighted by molar-refractivity contribution is -0.137. The summed E-state index contributed by atoms with van der Waals surface area (Å²) in [6, 6.07) is 4.58. The molecule has 1 N–H and O–H groups in total. The van der Waals surface area contributed by atoms with Gasteiger partial charge in [-0.3, -0.25) is 9.67 Å². The summed E-state index contributed by atoms with van der Waals surface area (Å²) in [4.78, 5) is 8.43. The van der Waals surface area contributed by atoms with Crippen LogP contribution in [0.25, 0.3) is 27.8 Å². The Bertz CT molecular complexity index is 1130. The largest absolute Gasteiger partial charge is 0.417 e. The van der Waals surface area contributed by atoms with Crippen molar-refractivity contribution in [1.29, 1.82) is 0 Å². The molecule has 5 nitrogen and oxygen atoms in total. The Hall–Kier alpha value is -2.61. The summed E-state index contributed by atoms with van der Waals surface area (Å²) in [5.74, 6) is 0.572. The molecule has 0 saturated carbocycles. The molecule has 0 aliphatic heterocycles. The molecule has 0 radical (unpaired) electrons. The van der Waals surface area contributed by atoms with Crippen LogP contribution in [0.3, 0.4) is 0 Å². The molecule has 0 saturated heterocycles. The summed E-state index contributed by atoms with van der Waals surface area (Å²) in [6.07, 6.45) is -2.02. The van der Waals surface area contributed by atoms with Crippen LogP contribution in [0.4, 0.5) is 13.2 Å². The average molecular weight is 380 g/mol. The maximum Gasteiger partial charge on any atom is 0.417 e. The zero-order valence-corrected chi connectivity index (χ0v) is 14.5. The van der Waals surface area contributed by atoms with Gasteiger partial charge in [-0.15, -0.1) is 0 Å². The Morgan fingerprint density at radius 2 is 1.92 bits per heavy atom. The average Bonchev–Trinajstić information content (AvgIpc) is 3.17. The van der Waals surface area contributed by atoms with Crippen molar-refractivity contribution < 1.29 is 13.2 Å². The van der Waals surface area contributed by atoms with Crippen LogP contribution < -0.4 is 0 Å². The summed E-state index contributed by atoms with van der Waals surface area (Å²) in [5.41, 5.74) is 1.07. The number of rotatable bonds is 2. The van der Waals surface area contributed by atoms with Gasteiger partial charge in [0.2, 0.25) is 0 Å². The fourth-order valence-electron chi connectivity index (χ4n) is 2.91. The highest BCUT2D eigenvalue weighted by Gasteiger charge is 2.32. The van der Waals surface area contributed by atoms with Crippen molar-refractivity contribution in [1.82, 2.24) is 24.7 Å². The number of nitrogens with one attached hydrogen (secondary N) is 1. The van der Waals surface area contributed by atoms with Gasteiger partial charge in [-0.05, 0) is 18.2 Å². The normalized spacial score (nSPS) is 12.6. The molecule has 26 heavy (non-hydrogen) atoms. The van der Waals surface area contributed by atoms with Crippen LogP contribution in [-0.4, -0.2) is 24.7 Å². The number of alkyl halides is 3. The molecule has 0 unspecified atom stereocenters. The standard InChI is InChI=1S/C17H13ClF3N5/c1-8(2)15-24-13-4-10(17(19,20)21)7-22-16(13)26(15)11-3-9-6-23-25-14(9)12(18)5-11/h3-8H,1-2H3,(H,23,25). The van der Waals surface area contributed by atoms with Gasteiger partial charge < -0.3 is 0 Å². The van der Waals surface area contributed by atoms with Gasteiger partial charge in [-0.2, -0.15) is 18.3 Å². The van der Waals surface area contributed by atoms with Gasteiger partial charge in [0.1, 0.15) is 11.3 Å². The van der Waals surface area contributed by atoms with Crippen molar-refractivity contribution in [2.75, 3.05) is 0 Å². The van der Waals surface area contributed by atoms with Gasteiger partial charge >= 0.3 is 6.18 Å². The third kappa shape index (κ3) is 2.61. The predicted molar refractivity (Wildman–Crippen MR) is 92.6 cm³/mol. The number of halogens is 4. The van der Waals surface area contributed by atoms with E-state index in [9.17, 15) is 13.2 Å². The second-order valence-corrected chi connectivity index (χ2v) is 6.69. The second kappa shape index (κ2) is 5.70. The van der Waals surface area contributed by atoms with Crippen LogP contribution in [-0.2, 0) is 6.18 Å². The first-order chi connectivity index (χ1) is 12.3. The monoisotopic (exact) mass is 379 g/mol. The Kier molecular flexibility index (Phi) is 3.69. The number of benzene rings is 1. The first-order valence-corrected chi connectivity index (χ1v) is 8.22. The number of aromatic amines is 1. The van der Waals surface area contributed by atoms with E-state index in [0.717, 1.165) is 17.6 Å². The highest BCUT2D eigenvalue weighted by atomic mass is 35.5. The summed E-state index contributed by atoms with van der Waals surface area (Å²) in [6.45, 7) is 3.83. The molecule has 0 bridgehead atoms. The van der Waals surface area contributed by atoms with Crippen LogP contribution in [0, 0.1) is 0 Å². The zero-order chi connectivity index (χ0) is 18.6. The molecule has 134 valence electrons. The van der Waals surface area contributed by atoms with Crippen molar-refractivity contribution in [3.8, 4) is 5.69 Å². The third-order valence-corrected chi connectivity index (χ3v) is 4.41. The molecule has 0 spiro atoms. The number of hydrogen-bond acceptors (Lipinski definition) is 3. The Morgan fingerprint density at radius 3 is 2.62 bits per heavy atom. The highest BCUT2D eigenvalue weighted by Crippen LogP contribution is 2.33. The van der Waals surface area contributed by atoms with Gasteiger partial charge in [0.05, 0.1) is 28.0 Å². The minimum Gasteiger partial charge on any atom is -0.280 e. The van der Waals surface area contributed by atoms with Crippen molar-refractivity contribution in [3.05, 3.63) is 47.0 Å². The maximum atomic E-state index is 13.0. The van der Waals surface area contributed by atoms with E-state index in [2.05, 4.69) is 20.2 Å². The molecular weight excluding hydrogens is 367 g/mol. The van der Waals surface area contributed by atoms with Crippen LogP contribution in [0.15, 0.2) is 30.6 Å². The van der Waals surface area contributed by atoms with E-state index >= 15 is 0 Å². The zero-order valence-electron chi connectivity index (χ0n) is 13.8. The first kappa shape index (κ1) is 16.8. The van der Waals surface area contributed by atoms with E-state index in [0.29, 0.717) is 27.7 Å². The van der Waals surface area contributed by atoms with E-state index in [1.807, 2.05) is 19.9 Å². The molecule has 3 heterocycles. The molecular formula is C17H13ClF3N5. The SMILES string of the molecule is CC(C)c1nc2cc(C(F)(F)F)cnc2n1-c1cc(Cl)c2[nH]ncc2c1. The Labute approximate surface area is 150 Å². The molecule has 4 rings (SSSR count). The minimum absolute atomic E-state index is 0.0302. The van der Waals surface area contributed by atoms with Crippen LogP contribution >= 0.6 is 11.6 Å². The fraction of sp³-hybridized carbons (Fsp3) is 0.235. The fourth-order valence-corrected chi connectivity index (χ4v) is 3.17. The second-order valence-electron chi connectivity index (χ2n) is 6.29. The molecule has 3 aromatic heterocycles. The molecule has 0 aliphatic rings. The van der Waals surface area contributed by atoms with E-state index in [1.54, 1.807) is 16.8 Å². The molecule has 0 aliphatic carbocycles.